The maximum Gasteiger partial charge on any atom is 0.366 e. The molecule has 0 bridgehead atoms. The van der Waals surface area contributed by atoms with Crippen LogP contribution in [0.5, 0.6) is 17.2 Å². The molecule has 0 radical (unpaired) electrons. The zero-order valence-electron chi connectivity index (χ0n) is 64.3. The van der Waals surface area contributed by atoms with Crippen molar-refractivity contribution in [1.29, 1.82) is 0 Å². The first-order chi connectivity index (χ1) is 55.5. The topological polar surface area (TPSA) is 501 Å². The van der Waals surface area contributed by atoms with Gasteiger partial charge in [0.15, 0.2) is 0 Å². The number of amides is 5. The molecule has 2 fully saturated rings. The number of nitrogens with one attached hydrogen (secondary N) is 5. The van der Waals surface area contributed by atoms with E-state index >= 15 is 0 Å². The Morgan fingerprint density at radius 1 is 0.530 bits per heavy atom. The van der Waals surface area contributed by atoms with Gasteiger partial charge in [-0.3, -0.25) is 24.0 Å². The number of phenols is 2. The number of phenolic OH excluding ortho intramolecular Hbond substituents is 2. The molecule has 7 rings (SSSR count). The lowest BCUT2D eigenvalue weighted by atomic mass is 9.88. The van der Waals surface area contributed by atoms with Gasteiger partial charge in [0.05, 0.1) is 136 Å². The van der Waals surface area contributed by atoms with Crippen LogP contribution in [0.4, 0.5) is 0 Å². The van der Waals surface area contributed by atoms with Gasteiger partial charge >= 0.3 is 11.9 Å². The number of ether oxygens (including phenoxy) is 12. The van der Waals surface area contributed by atoms with Crippen LogP contribution < -0.4 is 31.3 Å². The summed E-state index contributed by atoms with van der Waals surface area (Å²) in [7, 11) is 2.17. The fourth-order valence-electron chi connectivity index (χ4n) is 12.0. The quantitative estimate of drug-likeness (QED) is 0.00874. The second-order valence-corrected chi connectivity index (χ2v) is 28.8. The Bertz CT molecular complexity index is 3880. The van der Waals surface area contributed by atoms with E-state index in [0.717, 1.165) is 43.4 Å². The van der Waals surface area contributed by atoms with Gasteiger partial charge in [0.25, 0.3) is 35.2 Å². The van der Waals surface area contributed by atoms with Crippen LogP contribution in [0.15, 0.2) is 120 Å². The van der Waals surface area contributed by atoms with E-state index < -0.39 is 127 Å². The summed E-state index contributed by atoms with van der Waals surface area (Å²) in [5, 5.41) is 103. The van der Waals surface area contributed by atoms with Crippen molar-refractivity contribution < 1.29 is 131 Å². The summed E-state index contributed by atoms with van der Waals surface area (Å²) in [6.07, 6.45) is -13.1. The SMILES string of the molecule is COC(=O)[C@@]1(OCCCSCCNC(=O)c2ccc(C(=O)NCCSCCCO[C@]3(C(=O)OC)C[C@H](O)C[C@H]([C@H](O)[C@H](O)CNC(=O)c4ccc(-c5ccc(O)cc5)cc4)O3)cc2OCCOCCOCCOCCOCCOCCN=[N+]=[N-])C[C@H](O)[C@@H](NC(C)=O)[C@H]([C@H](O)[C@H](O)CNC(=O)c2ccc(-c3ccc(O)cc3)cc2)O1. The summed E-state index contributed by atoms with van der Waals surface area (Å²) in [5.74, 6) is -7.21. The molecule has 115 heavy (non-hydrogen) atoms. The fourth-order valence-corrected chi connectivity index (χ4v) is 13.5. The van der Waals surface area contributed by atoms with Crippen LogP contribution in [-0.4, -0.2) is 305 Å². The molecule has 0 aromatic heterocycles. The first-order valence-corrected chi connectivity index (χ1v) is 39.7. The van der Waals surface area contributed by atoms with Crippen LogP contribution >= 0.6 is 23.5 Å². The number of thioether (sulfide) groups is 2. The zero-order chi connectivity index (χ0) is 83.0. The number of esters is 2. The van der Waals surface area contributed by atoms with E-state index in [1.807, 2.05) is 0 Å². The van der Waals surface area contributed by atoms with Crippen molar-refractivity contribution in [2.75, 3.05) is 156 Å². The van der Waals surface area contributed by atoms with Gasteiger partial charge in [-0.05, 0) is 119 Å². The third kappa shape index (κ3) is 30.6. The number of carbonyl (C=O) groups excluding carboxylic acids is 7. The Morgan fingerprint density at radius 2 is 0.957 bits per heavy atom. The number of methoxy groups -OCH3 is 2. The second-order valence-electron chi connectivity index (χ2n) is 26.3. The molecule has 2 saturated heterocycles. The summed E-state index contributed by atoms with van der Waals surface area (Å²) in [5.41, 5.74) is 12.3. The molecular formula is C78H104N8O27S2. The minimum absolute atomic E-state index is 0.0183. The largest absolute Gasteiger partial charge is 0.508 e. The highest BCUT2D eigenvalue weighted by Gasteiger charge is 2.57. The van der Waals surface area contributed by atoms with Crippen LogP contribution in [0.3, 0.4) is 0 Å². The fraction of sp³-hybridized carbons (Fsp3) is 0.526. The van der Waals surface area contributed by atoms with Crippen molar-refractivity contribution in [3.05, 3.63) is 148 Å². The molecule has 0 unspecified atom stereocenters. The molecule has 630 valence electrons. The third-order valence-electron chi connectivity index (χ3n) is 17.9. The number of rotatable bonds is 52. The van der Waals surface area contributed by atoms with Crippen LogP contribution in [0.25, 0.3) is 32.7 Å². The Kier molecular flexibility index (Phi) is 40.6. The minimum atomic E-state index is -2.32. The van der Waals surface area contributed by atoms with Crippen molar-refractivity contribution in [3.8, 4) is 39.5 Å². The third-order valence-corrected chi connectivity index (χ3v) is 20.0. The number of hydrogen-bond acceptors (Lipinski definition) is 30. The van der Waals surface area contributed by atoms with Gasteiger partial charge in [0.2, 0.25) is 5.91 Å². The zero-order valence-corrected chi connectivity index (χ0v) is 65.9. The van der Waals surface area contributed by atoms with Crippen LogP contribution in [0.2, 0.25) is 0 Å². The molecule has 13 N–H and O–H groups in total. The molecule has 5 aromatic carbocycles. The first kappa shape index (κ1) is 93.4. The molecule has 11 atom stereocenters. The van der Waals surface area contributed by atoms with E-state index in [-0.39, 0.29) is 112 Å². The highest BCUT2D eigenvalue weighted by Crippen LogP contribution is 2.37. The molecule has 5 aromatic rings. The van der Waals surface area contributed by atoms with Gasteiger partial charge in [-0.25, -0.2) is 9.59 Å². The Balaban J connectivity index is 0.855. The standard InChI is InChI=1S/C78H104N8O27S2/c1-50(87)85-67-62(91)47-78(76(101)103-3,113-70(67)69(95)64(93)49-83-72(97)56-12-8-52(9-13-56)54-16-21-59(89)22-17-54)111-28-5-41-115-43-26-81-74(99)61-23-18-57(44-65(61)109-39-38-108-37-36-107-35-34-106-33-32-105-31-30-104-29-24-84-86-79)73(98)80-25-42-114-40-4-27-110-77(75(100)102-2)46-60(90)45-66(112-77)68(94)63(92)48-82-71(96)55-10-6-51(7-11-55)53-14-19-58(88)20-15-53/h6-23,44,60,62-64,66-70,88-95H,4-5,24-43,45-49H2,1-3H3,(H,80,98)(H,81,99)(H,82,96)(H,83,97)(H,85,87)/t60-,62+,63-,64-,66-,67-,68-,69-,70-,77-,78-/m1/s1. The number of aliphatic hydroxyl groups excluding tert-OH is 6. The maximum absolute atomic E-state index is 13.8. The number of hydrogen-bond donors (Lipinski definition) is 13. The lowest BCUT2D eigenvalue weighted by molar-refractivity contribution is -0.311. The van der Waals surface area contributed by atoms with Crippen LogP contribution in [0, 0.1) is 0 Å². The average molecular weight is 1650 g/mol. The summed E-state index contributed by atoms with van der Waals surface area (Å²) < 4.78 is 67.8. The Hall–Kier alpha value is -8.80. The maximum atomic E-state index is 13.8. The lowest BCUT2D eigenvalue weighted by Gasteiger charge is -2.47. The van der Waals surface area contributed by atoms with Gasteiger partial charge in [-0.1, -0.05) is 53.6 Å². The van der Waals surface area contributed by atoms with E-state index in [0.29, 0.717) is 82.1 Å². The van der Waals surface area contributed by atoms with Gasteiger partial charge in [0.1, 0.15) is 42.2 Å². The molecule has 37 heteroatoms. The number of carbonyl (C=O) groups is 7. The highest BCUT2D eigenvalue weighted by molar-refractivity contribution is 7.99. The molecule has 2 aliphatic heterocycles. The van der Waals surface area contributed by atoms with Crippen LogP contribution in [-0.2, 0) is 66.5 Å². The summed E-state index contributed by atoms with van der Waals surface area (Å²) in [6, 6.07) is 29.2. The van der Waals surface area contributed by atoms with Crippen molar-refractivity contribution in [2.45, 2.75) is 105 Å². The predicted molar refractivity (Wildman–Crippen MR) is 419 cm³/mol. The van der Waals surface area contributed by atoms with Gasteiger partial charge in [-0.2, -0.15) is 23.5 Å². The number of benzene rings is 5. The van der Waals surface area contributed by atoms with Gasteiger partial charge in [-0.15, -0.1) is 0 Å². The van der Waals surface area contributed by atoms with Crippen molar-refractivity contribution >= 4 is 65.0 Å². The van der Waals surface area contributed by atoms with E-state index in [9.17, 15) is 74.4 Å². The number of nitrogens with zero attached hydrogens (tertiary/aromatic N) is 3. The van der Waals surface area contributed by atoms with Crippen molar-refractivity contribution in [1.82, 2.24) is 26.6 Å². The predicted octanol–water partition coefficient (Wildman–Crippen LogP) is 3.18. The molecular weight excluding hydrogens is 1550 g/mol. The normalized spacial score (nSPS) is 19.6. The molecule has 35 nitrogen and oxygen atoms in total. The Morgan fingerprint density at radius 3 is 1.43 bits per heavy atom. The molecule has 5 amide bonds. The first-order valence-electron chi connectivity index (χ1n) is 37.4. The van der Waals surface area contributed by atoms with Crippen LogP contribution in [0.1, 0.15) is 80.5 Å². The summed E-state index contributed by atoms with van der Waals surface area (Å²) in [4.78, 5) is 95.4. The number of azide groups is 1. The van der Waals surface area contributed by atoms with E-state index in [2.05, 4.69) is 36.6 Å². The van der Waals surface area contributed by atoms with E-state index in [1.54, 1.807) is 84.9 Å². The number of aromatic hydroxyl groups is 2. The highest BCUT2D eigenvalue weighted by atomic mass is 32.2. The van der Waals surface area contributed by atoms with Crippen molar-refractivity contribution in [3.63, 3.8) is 0 Å². The second kappa shape index (κ2) is 50.0. The Labute approximate surface area is 673 Å². The van der Waals surface area contributed by atoms with Gasteiger partial charge in [0, 0.05) is 92.0 Å². The monoisotopic (exact) mass is 1650 g/mol. The summed E-state index contributed by atoms with van der Waals surface area (Å²) in [6.45, 7) is 3.52. The minimum Gasteiger partial charge on any atom is -0.508 e. The average Bonchev–Trinajstić information content (AvgIpc) is 0.745. The van der Waals surface area contributed by atoms with E-state index in [4.69, 9.17) is 62.4 Å². The number of aliphatic hydroxyl groups is 6. The van der Waals surface area contributed by atoms with E-state index in [1.165, 1.54) is 53.9 Å². The molecule has 2 heterocycles. The molecule has 0 aliphatic carbocycles. The summed E-state index contributed by atoms with van der Waals surface area (Å²) >= 11 is 2.87. The molecule has 0 spiro atoms. The lowest BCUT2D eigenvalue weighted by Crippen LogP contribution is -2.68. The molecule has 0 saturated carbocycles. The van der Waals surface area contributed by atoms with Gasteiger partial charge < -0.3 is 124 Å². The molecule has 2 aliphatic rings. The smallest absolute Gasteiger partial charge is 0.366 e. The van der Waals surface area contributed by atoms with Crippen molar-refractivity contribution in [2.24, 2.45) is 5.11 Å².